The third kappa shape index (κ3) is 2.89. The average molecular weight is 256 g/mol. The van der Waals surface area contributed by atoms with Crippen LogP contribution >= 0.6 is 0 Å². The lowest BCUT2D eigenvalue weighted by Gasteiger charge is -2.14. The molecular weight excluding hydrogens is 240 g/mol. The first kappa shape index (κ1) is 12.2. The first-order valence-corrected chi connectivity index (χ1v) is 7.30. The van der Waals surface area contributed by atoms with E-state index in [9.17, 15) is 8.42 Å². The van der Waals surface area contributed by atoms with Crippen molar-refractivity contribution in [2.75, 3.05) is 30.5 Å². The molecule has 1 atom stereocenters. The van der Waals surface area contributed by atoms with Crippen molar-refractivity contribution in [3.63, 3.8) is 0 Å². The fourth-order valence-electron chi connectivity index (χ4n) is 1.77. The molecule has 2 rings (SSSR count). The van der Waals surface area contributed by atoms with Crippen molar-refractivity contribution in [2.24, 2.45) is 0 Å². The Balaban J connectivity index is 2.19. The molecule has 0 aromatic heterocycles. The molecule has 5 nitrogen and oxygen atoms in total. The highest BCUT2D eigenvalue weighted by Gasteiger charge is 2.17. The molecule has 0 radical (unpaired) electrons. The summed E-state index contributed by atoms with van der Waals surface area (Å²) in [5.74, 6) is 0. The van der Waals surface area contributed by atoms with Gasteiger partial charge in [0.1, 0.15) is 0 Å². The predicted molar refractivity (Wildman–Crippen MR) is 66.8 cm³/mol. The standard InChI is InChI=1S/C11H16N2O3S/c1-17(14,15)9-2-3-11(10(12)6-9)13-8-4-5-16-7-8/h2-3,6,8,13H,4-5,7,12H2,1H3. The number of nitrogens with two attached hydrogens (primary N) is 1. The number of benzene rings is 1. The summed E-state index contributed by atoms with van der Waals surface area (Å²) in [5, 5.41) is 3.24. The zero-order valence-corrected chi connectivity index (χ0v) is 10.5. The van der Waals surface area contributed by atoms with Crippen LogP contribution in [0.3, 0.4) is 0 Å². The quantitative estimate of drug-likeness (QED) is 0.784. The normalized spacial score (nSPS) is 20.4. The minimum absolute atomic E-state index is 0.239. The van der Waals surface area contributed by atoms with Gasteiger partial charge in [0.2, 0.25) is 0 Å². The van der Waals surface area contributed by atoms with E-state index in [-0.39, 0.29) is 10.9 Å². The molecule has 1 fully saturated rings. The van der Waals surface area contributed by atoms with Gasteiger partial charge in [-0.3, -0.25) is 0 Å². The first-order chi connectivity index (χ1) is 7.97. The molecule has 3 N–H and O–H groups in total. The summed E-state index contributed by atoms with van der Waals surface area (Å²) < 4.78 is 27.9. The summed E-state index contributed by atoms with van der Waals surface area (Å²) >= 11 is 0. The lowest BCUT2D eigenvalue weighted by atomic mass is 10.2. The molecule has 0 spiro atoms. The van der Waals surface area contributed by atoms with Gasteiger partial charge in [-0.15, -0.1) is 0 Å². The summed E-state index contributed by atoms with van der Waals surface area (Å²) in [5.41, 5.74) is 7.03. The average Bonchev–Trinajstić information content (AvgIpc) is 2.72. The molecule has 0 bridgehead atoms. The Bertz CT molecular complexity index is 507. The van der Waals surface area contributed by atoms with Crippen molar-refractivity contribution >= 4 is 21.2 Å². The van der Waals surface area contributed by atoms with Gasteiger partial charge < -0.3 is 15.8 Å². The maximum atomic E-state index is 11.3. The van der Waals surface area contributed by atoms with Crippen LogP contribution in [-0.2, 0) is 14.6 Å². The topological polar surface area (TPSA) is 81.4 Å². The highest BCUT2D eigenvalue weighted by atomic mass is 32.2. The van der Waals surface area contributed by atoms with Crippen LogP contribution in [0, 0.1) is 0 Å². The fraction of sp³-hybridized carbons (Fsp3) is 0.455. The molecule has 1 heterocycles. The predicted octanol–water partition coefficient (Wildman–Crippen LogP) is 0.873. The number of nitrogens with one attached hydrogen (secondary N) is 1. The van der Waals surface area contributed by atoms with Crippen molar-refractivity contribution in [3.8, 4) is 0 Å². The smallest absolute Gasteiger partial charge is 0.175 e. The zero-order chi connectivity index (χ0) is 12.5. The fourth-order valence-corrected chi connectivity index (χ4v) is 2.43. The number of ether oxygens (including phenoxy) is 1. The van der Waals surface area contributed by atoms with Crippen molar-refractivity contribution < 1.29 is 13.2 Å². The molecule has 1 saturated heterocycles. The summed E-state index contributed by atoms with van der Waals surface area (Å²) in [4.78, 5) is 0.239. The second-order valence-corrected chi connectivity index (χ2v) is 6.24. The Labute approximate surface area is 101 Å². The Kier molecular flexibility index (Phi) is 3.26. The summed E-state index contributed by atoms with van der Waals surface area (Å²) in [7, 11) is -3.20. The molecular formula is C11H16N2O3S. The van der Waals surface area contributed by atoms with Crippen LogP contribution in [0.4, 0.5) is 11.4 Å². The van der Waals surface area contributed by atoms with Gasteiger partial charge in [0.25, 0.3) is 0 Å². The Morgan fingerprint density at radius 3 is 2.76 bits per heavy atom. The minimum Gasteiger partial charge on any atom is -0.397 e. The van der Waals surface area contributed by atoms with Gasteiger partial charge in [-0.05, 0) is 24.6 Å². The highest BCUT2D eigenvalue weighted by molar-refractivity contribution is 7.90. The van der Waals surface area contributed by atoms with Crippen LogP contribution in [0.1, 0.15) is 6.42 Å². The first-order valence-electron chi connectivity index (χ1n) is 5.40. The van der Waals surface area contributed by atoms with E-state index in [1.807, 2.05) is 0 Å². The highest BCUT2D eigenvalue weighted by Crippen LogP contribution is 2.24. The van der Waals surface area contributed by atoms with Gasteiger partial charge in [0.05, 0.1) is 28.9 Å². The largest absolute Gasteiger partial charge is 0.397 e. The van der Waals surface area contributed by atoms with Gasteiger partial charge in [0, 0.05) is 12.9 Å². The Hall–Kier alpha value is -1.27. The number of rotatable bonds is 3. The number of sulfone groups is 1. The number of hydrogen-bond donors (Lipinski definition) is 2. The Morgan fingerprint density at radius 1 is 1.47 bits per heavy atom. The molecule has 1 aromatic rings. The molecule has 0 aliphatic carbocycles. The van der Waals surface area contributed by atoms with Gasteiger partial charge >= 0.3 is 0 Å². The molecule has 1 aliphatic heterocycles. The molecule has 1 aromatic carbocycles. The van der Waals surface area contributed by atoms with E-state index in [1.165, 1.54) is 12.3 Å². The van der Waals surface area contributed by atoms with Crippen molar-refractivity contribution in [2.45, 2.75) is 17.4 Å². The molecule has 6 heteroatoms. The maximum absolute atomic E-state index is 11.3. The summed E-state index contributed by atoms with van der Waals surface area (Å²) in [6.07, 6.45) is 2.10. The second kappa shape index (κ2) is 4.54. The van der Waals surface area contributed by atoms with E-state index in [0.717, 1.165) is 18.7 Å². The molecule has 17 heavy (non-hydrogen) atoms. The zero-order valence-electron chi connectivity index (χ0n) is 9.64. The van der Waals surface area contributed by atoms with Crippen LogP contribution in [-0.4, -0.2) is 33.9 Å². The summed E-state index contributed by atoms with van der Waals surface area (Å²) in [6.45, 7) is 1.41. The van der Waals surface area contributed by atoms with E-state index in [0.29, 0.717) is 12.3 Å². The SMILES string of the molecule is CS(=O)(=O)c1ccc(NC2CCOC2)c(N)c1. The number of nitrogen functional groups attached to an aromatic ring is 1. The third-order valence-corrected chi connectivity index (χ3v) is 3.85. The molecule has 0 saturated carbocycles. The third-order valence-electron chi connectivity index (χ3n) is 2.74. The lowest BCUT2D eigenvalue weighted by molar-refractivity contribution is 0.195. The Morgan fingerprint density at radius 2 is 2.24 bits per heavy atom. The van der Waals surface area contributed by atoms with Crippen LogP contribution in [0.25, 0.3) is 0 Å². The van der Waals surface area contributed by atoms with Crippen LogP contribution in [0.2, 0.25) is 0 Å². The number of hydrogen-bond acceptors (Lipinski definition) is 5. The van der Waals surface area contributed by atoms with Gasteiger partial charge in [-0.1, -0.05) is 0 Å². The number of anilines is 2. The molecule has 1 aliphatic rings. The van der Waals surface area contributed by atoms with Gasteiger partial charge in [0.15, 0.2) is 9.84 Å². The minimum atomic E-state index is -3.20. The van der Waals surface area contributed by atoms with E-state index in [4.69, 9.17) is 10.5 Å². The molecule has 94 valence electrons. The molecule has 0 amide bonds. The van der Waals surface area contributed by atoms with E-state index >= 15 is 0 Å². The van der Waals surface area contributed by atoms with Gasteiger partial charge in [-0.25, -0.2) is 8.42 Å². The van der Waals surface area contributed by atoms with Crippen LogP contribution in [0.15, 0.2) is 23.1 Å². The van der Waals surface area contributed by atoms with Crippen molar-refractivity contribution in [1.82, 2.24) is 0 Å². The maximum Gasteiger partial charge on any atom is 0.175 e. The van der Waals surface area contributed by atoms with E-state index < -0.39 is 9.84 Å². The van der Waals surface area contributed by atoms with Crippen molar-refractivity contribution in [3.05, 3.63) is 18.2 Å². The van der Waals surface area contributed by atoms with E-state index in [1.54, 1.807) is 12.1 Å². The van der Waals surface area contributed by atoms with Crippen LogP contribution < -0.4 is 11.1 Å². The van der Waals surface area contributed by atoms with Crippen molar-refractivity contribution in [1.29, 1.82) is 0 Å². The van der Waals surface area contributed by atoms with Gasteiger partial charge in [-0.2, -0.15) is 0 Å². The lowest BCUT2D eigenvalue weighted by Crippen LogP contribution is -2.19. The summed E-state index contributed by atoms with van der Waals surface area (Å²) in [6, 6.07) is 4.99. The van der Waals surface area contributed by atoms with E-state index in [2.05, 4.69) is 5.32 Å². The van der Waals surface area contributed by atoms with Crippen LogP contribution in [0.5, 0.6) is 0 Å². The monoisotopic (exact) mass is 256 g/mol. The molecule has 1 unspecified atom stereocenters. The second-order valence-electron chi connectivity index (χ2n) is 4.23.